The maximum absolute atomic E-state index is 12.6. The van der Waals surface area contributed by atoms with E-state index < -0.39 is 12.1 Å². The van der Waals surface area contributed by atoms with Crippen molar-refractivity contribution in [1.82, 2.24) is 5.32 Å². The van der Waals surface area contributed by atoms with Crippen molar-refractivity contribution >= 4 is 11.9 Å². The van der Waals surface area contributed by atoms with E-state index in [1.54, 1.807) is 0 Å². The third kappa shape index (κ3) is 71.3. The number of aliphatic hydroxyl groups is 2. The average molecular weight is 1200 g/mol. The quantitative estimate of drug-likeness (QED) is 0.0320. The molecule has 0 aromatic heterocycles. The smallest absolute Gasteiger partial charge is 0.305 e. The van der Waals surface area contributed by atoms with Crippen molar-refractivity contribution in [3.63, 3.8) is 0 Å². The highest BCUT2D eigenvalue weighted by molar-refractivity contribution is 5.76. The van der Waals surface area contributed by atoms with E-state index in [-0.39, 0.29) is 18.5 Å². The Bertz CT molecular complexity index is 1330. The number of hydrogen-bond acceptors (Lipinski definition) is 5. The van der Waals surface area contributed by atoms with Crippen molar-refractivity contribution in [3.05, 3.63) is 24.3 Å². The van der Waals surface area contributed by atoms with Gasteiger partial charge in [-0.1, -0.05) is 378 Å². The zero-order valence-corrected chi connectivity index (χ0v) is 57.9. The van der Waals surface area contributed by atoms with Crippen LogP contribution in [-0.4, -0.2) is 47.4 Å². The van der Waals surface area contributed by atoms with E-state index in [9.17, 15) is 19.8 Å². The van der Waals surface area contributed by atoms with Crippen molar-refractivity contribution in [2.24, 2.45) is 0 Å². The molecule has 1 amide bonds. The molecule has 0 aromatic carbocycles. The van der Waals surface area contributed by atoms with Crippen LogP contribution in [0.15, 0.2) is 24.3 Å². The highest BCUT2D eigenvalue weighted by Gasteiger charge is 2.20. The molecule has 0 saturated heterocycles. The van der Waals surface area contributed by atoms with Gasteiger partial charge in [-0.15, -0.1) is 0 Å². The summed E-state index contributed by atoms with van der Waals surface area (Å²) in [5.74, 6) is -0.0156. The second-order valence-corrected chi connectivity index (χ2v) is 27.0. The van der Waals surface area contributed by atoms with Crippen LogP contribution in [0.2, 0.25) is 0 Å². The van der Waals surface area contributed by atoms with E-state index in [0.29, 0.717) is 25.9 Å². The fourth-order valence-electron chi connectivity index (χ4n) is 12.5. The third-order valence-corrected chi connectivity index (χ3v) is 18.5. The predicted molar refractivity (Wildman–Crippen MR) is 375 cm³/mol. The first-order chi connectivity index (χ1) is 42.0. The van der Waals surface area contributed by atoms with Crippen molar-refractivity contribution in [1.29, 1.82) is 0 Å². The molecule has 0 aromatic rings. The average Bonchev–Trinajstić information content (AvgIpc) is 3.51. The minimum absolute atomic E-state index is 0.0141. The van der Waals surface area contributed by atoms with Gasteiger partial charge in [-0.2, -0.15) is 0 Å². The minimum Gasteiger partial charge on any atom is -0.466 e. The van der Waals surface area contributed by atoms with Gasteiger partial charge in [-0.25, -0.2) is 0 Å². The zero-order chi connectivity index (χ0) is 61.3. The van der Waals surface area contributed by atoms with E-state index in [4.69, 9.17) is 4.74 Å². The first-order valence-electron chi connectivity index (χ1n) is 39.1. The largest absolute Gasteiger partial charge is 0.466 e. The lowest BCUT2D eigenvalue weighted by atomic mass is 10.0. The SMILES string of the molecule is CCCCCCCCC/C=C\CCCCCCCCCC(=O)OCCCCCCCCCCCCCC/C=C\CCCCCCCCCCCCCCC(=O)NC(CO)C(O)CCCCCCCCCCCCCCCCCCCCCCCC. The number of amides is 1. The summed E-state index contributed by atoms with van der Waals surface area (Å²) in [5.41, 5.74) is 0. The van der Waals surface area contributed by atoms with E-state index in [1.165, 1.54) is 366 Å². The monoisotopic (exact) mass is 1200 g/mol. The first kappa shape index (κ1) is 83.3. The van der Waals surface area contributed by atoms with Crippen LogP contribution in [-0.2, 0) is 14.3 Å². The van der Waals surface area contributed by atoms with Crippen LogP contribution < -0.4 is 5.32 Å². The maximum atomic E-state index is 12.6. The van der Waals surface area contributed by atoms with Crippen molar-refractivity contribution in [3.8, 4) is 0 Å². The number of carbonyl (C=O) groups is 2. The second kappa shape index (κ2) is 74.8. The van der Waals surface area contributed by atoms with Gasteiger partial charge in [-0.3, -0.25) is 9.59 Å². The van der Waals surface area contributed by atoms with E-state index in [2.05, 4.69) is 43.5 Å². The molecular formula is C79H153NO5. The minimum atomic E-state index is -0.665. The molecule has 0 heterocycles. The Hall–Kier alpha value is -1.66. The van der Waals surface area contributed by atoms with Gasteiger partial charge in [0.25, 0.3) is 0 Å². The molecular weight excluding hydrogens is 1040 g/mol. The highest BCUT2D eigenvalue weighted by atomic mass is 16.5. The van der Waals surface area contributed by atoms with Gasteiger partial charge in [0.05, 0.1) is 25.4 Å². The van der Waals surface area contributed by atoms with Gasteiger partial charge in [-0.05, 0) is 77.0 Å². The Morgan fingerprint density at radius 3 is 0.835 bits per heavy atom. The van der Waals surface area contributed by atoms with Gasteiger partial charge in [0, 0.05) is 12.8 Å². The summed E-state index contributed by atoms with van der Waals surface area (Å²) in [5, 5.41) is 23.5. The summed E-state index contributed by atoms with van der Waals surface area (Å²) in [6.07, 6.45) is 95.4. The maximum Gasteiger partial charge on any atom is 0.305 e. The summed E-state index contributed by atoms with van der Waals surface area (Å²) in [6.45, 7) is 5.00. The molecule has 0 aliphatic carbocycles. The highest BCUT2D eigenvalue weighted by Crippen LogP contribution is 2.20. The summed E-state index contributed by atoms with van der Waals surface area (Å²) < 4.78 is 5.51. The molecule has 0 aliphatic rings. The number of hydrogen-bond donors (Lipinski definition) is 3. The molecule has 3 N–H and O–H groups in total. The van der Waals surface area contributed by atoms with Gasteiger partial charge in [0.15, 0.2) is 0 Å². The van der Waals surface area contributed by atoms with Crippen LogP contribution >= 0.6 is 0 Å². The molecule has 0 rings (SSSR count). The van der Waals surface area contributed by atoms with E-state index in [0.717, 1.165) is 44.9 Å². The summed E-state index contributed by atoms with van der Waals surface area (Å²) >= 11 is 0. The van der Waals surface area contributed by atoms with Crippen LogP contribution in [0.1, 0.15) is 444 Å². The van der Waals surface area contributed by atoms with Crippen molar-refractivity contribution in [2.75, 3.05) is 13.2 Å². The van der Waals surface area contributed by atoms with Crippen molar-refractivity contribution in [2.45, 2.75) is 456 Å². The van der Waals surface area contributed by atoms with E-state index >= 15 is 0 Å². The van der Waals surface area contributed by atoms with Crippen LogP contribution in [0, 0.1) is 0 Å². The van der Waals surface area contributed by atoms with Crippen LogP contribution in [0.5, 0.6) is 0 Å². The normalized spacial score (nSPS) is 12.6. The number of unbranched alkanes of at least 4 members (excludes halogenated alkanes) is 59. The molecule has 0 bridgehead atoms. The predicted octanol–water partition coefficient (Wildman–Crippen LogP) is 25.7. The fourth-order valence-corrected chi connectivity index (χ4v) is 12.5. The Labute approximate surface area is 532 Å². The first-order valence-corrected chi connectivity index (χ1v) is 39.1. The zero-order valence-electron chi connectivity index (χ0n) is 57.9. The molecule has 0 spiro atoms. The summed E-state index contributed by atoms with van der Waals surface area (Å²) in [4.78, 5) is 24.7. The molecule has 2 atom stereocenters. The van der Waals surface area contributed by atoms with Gasteiger partial charge in [0.1, 0.15) is 0 Å². The van der Waals surface area contributed by atoms with E-state index in [1.807, 2.05) is 0 Å². The Balaban J connectivity index is 3.37. The Morgan fingerprint density at radius 2 is 0.553 bits per heavy atom. The molecule has 2 unspecified atom stereocenters. The standard InChI is InChI=1S/C79H153NO5/c1-3-5-7-9-11-13-15-17-19-21-23-24-33-36-39-43-47-51-55-59-63-67-71-77(82)76(75-81)80-78(83)72-68-64-60-56-52-48-44-40-37-34-31-29-27-25-26-28-30-32-35-38-42-46-50-54-58-62-66-70-74-85-79(84)73-69-65-61-57-53-49-45-41-22-20-18-16-14-12-10-8-6-4-2/h20,22,25-26,76-77,81-82H,3-19,21,23-24,27-75H2,1-2H3,(H,80,83)/b22-20-,26-25-. The number of aliphatic hydroxyl groups excluding tert-OH is 2. The Morgan fingerprint density at radius 1 is 0.318 bits per heavy atom. The molecule has 6 nitrogen and oxygen atoms in total. The van der Waals surface area contributed by atoms with Gasteiger partial charge >= 0.3 is 5.97 Å². The van der Waals surface area contributed by atoms with Gasteiger partial charge < -0.3 is 20.3 Å². The number of ether oxygens (including phenoxy) is 1. The number of nitrogens with one attached hydrogen (secondary N) is 1. The van der Waals surface area contributed by atoms with Crippen molar-refractivity contribution < 1.29 is 24.5 Å². The lowest BCUT2D eigenvalue weighted by molar-refractivity contribution is -0.143. The molecule has 85 heavy (non-hydrogen) atoms. The second-order valence-electron chi connectivity index (χ2n) is 27.0. The molecule has 0 radical (unpaired) electrons. The van der Waals surface area contributed by atoms with Crippen LogP contribution in [0.25, 0.3) is 0 Å². The Kier molecular flexibility index (Phi) is 73.3. The van der Waals surface area contributed by atoms with Crippen LogP contribution in [0.3, 0.4) is 0 Å². The number of rotatable bonds is 74. The van der Waals surface area contributed by atoms with Gasteiger partial charge in [0.2, 0.25) is 5.91 Å². The topological polar surface area (TPSA) is 95.9 Å². The lowest BCUT2D eigenvalue weighted by Crippen LogP contribution is -2.45. The number of carbonyl (C=O) groups excluding carboxylic acids is 2. The molecule has 6 heteroatoms. The molecule has 504 valence electrons. The molecule has 0 aliphatic heterocycles. The fraction of sp³-hybridized carbons (Fsp3) is 0.924. The molecule has 0 fully saturated rings. The lowest BCUT2D eigenvalue weighted by Gasteiger charge is -2.22. The summed E-state index contributed by atoms with van der Waals surface area (Å²) in [6, 6.07) is -0.543. The molecule has 0 saturated carbocycles. The summed E-state index contributed by atoms with van der Waals surface area (Å²) in [7, 11) is 0. The number of allylic oxidation sites excluding steroid dienone is 4. The third-order valence-electron chi connectivity index (χ3n) is 18.5. The number of esters is 1. The van der Waals surface area contributed by atoms with Crippen LogP contribution in [0.4, 0.5) is 0 Å².